The van der Waals surface area contributed by atoms with Crippen LogP contribution in [0.2, 0.25) is 0 Å². The van der Waals surface area contributed by atoms with E-state index in [0.717, 1.165) is 5.92 Å². The van der Waals surface area contributed by atoms with Crippen LogP contribution < -0.4 is 0 Å². The molecule has 0 aromatic heterocycles. The average molecular weight is 166 g/mol. The van der Waals surface area contributed by atoms with Gasteiger partial charge in [0.2, 0.25) is 0 Å². The molecule has 1 heteroatoms. The highest BCUT2D eigenvalue weighted by molar-refractivity contribution is 5.12. The fraction of sp³-hybridized carbons (Fsp3) is 0.818. The van der Waals surface area contributed by atoms with E-state index in [-0.39, 0.29) is 5.60 Å². The van der Waals surface area contributed by atoms with Crippen molar-refractivity contribution in [3.63, 3.8) is 0 Å². The molecular formula is C11H18O. The lowest BCUT2D eigenvalue weighted by atomic mass is 9.81. The summed E-state index contributed by atoms with van der Waals surface area (Å²) in [5, 5.41) is 0. The maximum absolute atomic E-state index is 5.97. The van der Waals surface area contributed by atoms with E-state index in [4.69, 9.17) is 4.74 Å². The summed E-state index contributed by atoms with van der Waals surface area (Å²) in [5.74, 6) is 0.765. The van der Waals surface area contributed by atoms with Crippen LogP contribution in [0.5, 0.6) is 0 Å². The molecule has 68 valence electrons. The molecule has 1 saturated heterocycles. The standard InChI is InChI=1S/C11H18O/c1-8-5-4-6-9-7-11(2,3)12-10(8)9/h9-10H,1,4-7H2,2-3H3. The predicted molar refractivity (Wildman–Crippen MR) is 50.1 cm³/mol. The first-order valence-corrected chi connectivity index (χ1v) is 4.94. The largest absolute Gasteiger partial charge is 0.368 e. The van der Waals surface area contributed by atoms with Crippen LogP contribution in [0.4, 0.5) is 0 Å². The summed E-state index contributed by atoms with van der Waals surface area (Å²) in [6.45, 7) is 8.48. The van der Waals surface area contributed by atoms with Crippen molar-refractivity contribution >= 4 is 0 Å². The Morgan fingerprint density at radius 2 is 2.25 bits per heavy atom. The molecule has 2 atom stereocenters. The minimum Gasteiger partial charge on any atom is -0.368 e. The van der Waals surface area contributed by atoms with Gasteiger partial charge in [-0.15, -0.1) is 0 Å². The Kier molecular flexibility index (Phi) is 1.80. The van der Waals surface area contributed by atoms with Crippen molar-refractivity contribution in [2.45, 2.75) is 51.2 Å². The van der Waals surface area contributed by atoms with Crippen LogP contribution in [0.25, 0.3) is 0 Å². The minimum absolute atomic E-state index is 0.0998. The van der Waals surface area contributed by atoms with Gasteiger partial charge in [-0.05, 0) is 51.0 Å². The third kappa shape index (κ3) is 1.31. The Bertz CT molecular complexity index is 205. The molecule has 0 N–H and O–H groups in total. The van der Waals surface area contributed by atoms with E-state index < -0.39 is 0 Å². The van der Waals surface area contributed by atoms with Crippen LogP contribution in [0.1, 0.15) is 39.5 Å². The second kappa shape index (κ2) is 2.59. The van der Waals surface area contributed by atoms with Crippen molar-refractivity contribution in [2.24, 2.45) is 5.92 Å². The van der Waals surface area contributed by atoms with Crippen LogP contribution in [0.3, 0.4) is 0 Å². The molecule has 0 aromatic rings. The zero-order chi connectivity index (χ0) is 8.77. The van der Waals surface area contributed by atoms with E-state index in [1.54, 1.807) is 0 Å². The molecule has 0 amide bonds. The van der Waals surface area contributed by atoms with Gasteiger partial charge in [0.25, 0.3) is 0 Å². The number of fused-ring (bicyclic) bond motifs is 1. The quantitative estimate of drug-likeness (QED) is 0.503. The van der Waals surface area contributed by atoms with Crippen molar-refractivity contribution in [1.29, 1.82) is 0 Å². The van der Waals surface area contributed by atoms with Gasteiger partial charge in [-0.1, -0.05) is 6.58 Å². The van der Waals surface area contributed by atoms with Crippen molar-refractivity contribution in [2.75, 3.05) is 0 Å². The van der Waals surface area contributed by atoms with Crippen molar-refractivity contribution < 1.29 is 4.74 Å². The van der Waals surface area contributed by atoms with Crippen LogP contribution in [-0.2, 0) is 4.74 Å². The molecule has 12 heavy (non-hydrogen) atoms. The molecule has 0 aromatic carbocycles. The number of hydrogen-bond donors (Lipinski definition) is 0. The molecule has 1 nitrogen and oxygen atoms in total. The first-order chi connectivity index (χ1) is 5.58. The summed E-state index contributed by atoms with van der Waals surface area (Å²) in [5.41, 5.74) is 1.43. The second-order valence-corrected chi connectivity index (χ2v) is 4.81. The summed E-state index contributed by atoms with van der Waals surface area (Å²) in [7, 11) is 0. The average Bonchev–Trinajstić information content (AvgIpc) is 2.25. The van der Waals surface area contributed by atoms with Gasteiger partial charge in [-0.3, -0.25) is 0 Å². The van der Waals surface area contributed by atoms with E-state index in [2.05, 4.69) is 20.4 Å². The van der Waals surface area contributed by atoms with Gasteiger partial charge in [0, 0.05) is 0 Å². The molecule has 2 fully saturated rings. The predicted octanol–water partition coefficient (Wildman–Crippen LogP) is 2.91. The van der Waals surface area contributed by atoms with Gasteiger partial charge < -0.3 is 4.74 Å². The summed E-state index contributed by atoms with van der Waals surface area (Å²) in [4.78, 5) is 0. The van der Waals surface area contributed by atoms with Crippen LogP contribution in [0, 0.1) is 5.92 Å². The summed E-state index contributed by atoms with van der Waals surface area (Å²) < 4.78 is 5.97. The Morgan fingerprint density at radius 1 is 1.50 bits per heavy atom. The molecule has 1 saturated carbocycles. The van der Waals surface area contributed by atoms with E-state index in [1.807, 2.05) is 0 Å². The van der Waals surface area contributed by atoms with E-state index in [1.165, 1.54) is 31.3 Å². The van der Waals surface area contributed by atoms with Crippen molar-refractivity contribution in [3.05, 3.63) is 12.2 Å². The highest BCUT2D eigenvalue weighted by atomic mass is 16.5. The molecule has 0 radical (unpaired) electrons. The zero-order valence-electron chi connectivity index (χ0n) is 8.10. The molecule has 1 aliphatic heterocycles. The minimum atomic E-state index is 0.0998. The number of ether oxygens (including phenoxy) is 1. The summed E-state index contributed by atoms with van der Waals surface area (Å²) in [6.07, 6.45) is 5.44. The lowest BCUT2D eigenvalue weighted by Gasteiger charge is -2.26. The highest BCUT2D eigenvalue weighted by Gasteiger charge is 2.42. The molecule has 2 unspecified atom stereocenters. The monoisotopic (exact) mass is 166 g/mol. The second-order valence-electron chi connectivity index (χ2n) is 4.81. The van der Waals surface area contributed by atoms with Gasteiger partial charge in [0.15, 0.2) is 0 Å². The molecule has 2 aliphatic rings. The molecular weight excluding hydrogens is 148 g/mol. The zero-order valence-corrected chi connectivity index (χ0v) is 8.10. The van der Waals surface area contributed by atoms with Crippen LogP contribution in [0.15, 0.2) is 12.2 Å². The number of hydrogen-bond acceptors (Lipinski definition) is 1. The number of rotatable bonds is 0. The molecule has 1 heterocycles. The van der Waals surface area contributed by atoms with Gasteiger partial charge in [-0.2, -0.15) is 0 Å². The third-order valence-electron chi connectivity index (χ3n) is 3.10. The summed E-state index contributed by atoms with van der Waals surface area (Å²) in [6, 6.07) is 0. The first-order valence-electron chi connectivity index (χ1n) is 4.94. The van der Waals surface area contributed by atoms with Gasteiger partial charge in [-0.25, -0.2) is 0 Å². The Hall–Kier alpha value is -0.300. The van der Waals surface area contributed by atoms with Crippen LogP contribution in [-0.4, -0.2) is 11.7 Å². The maximum Gasteiger partial charge on any atom is 0.0818 e. The van der Waals surface area contributed by atoms with Crippen molar-refractivity contribution in [1.82, 2.24) is 0 Å². The fourth-order valence-electron chi connectivity index (χ4n) is 2.63. The Morgan fingerprint density at radius 3 is 2.92 bits per heavy atom. The normalized spacial score (nSPS) is 39.7. The SMILES string of the molecule is C=C1CCCC2CC(C)(C)OC12. The van der Waals surface area contributed by atoms with Crippen LogP contribution >= 0.6 is 0 Å². The van der Waals surface area contributed by atoms with E-state index >= 15 is 0 Å². The fourth-order valence-corrected chi connectivity index (χ4v) is 2.63. The Labute approximate surface area is 74.8 Å². The first kappa shape index (κ1) is 8.31. The lowest BCUT2D eigenvalue weighted by Crippen LogP contribution is -2.24. The highest BCUT2D eigenvalue weighted by Crippen LogP contribution is 2.43. The Balaban J connectivity index is 2.14. The topological polar surface area (TPSA) is 9.23 Å². The van der Waals surface area contributed by atoms with Gasteiger partial charge >= 0.3 is 0 Å². The molecule has 0 spiro atoms. The smallest absolute Gasteiger partial charge is 0.0818 e. The third-order valence-corrected chi connectivity index (χ3v) is 3.10. The molecule has 1 aliphatic carbocycles. The maximum atomic E-state index is 5.97. The van der Waals surface area contributed by atoms with Crippen molar-refractivity contribution in [3.8, 4) is 0 Å². The molecule has 2 rings (SSSR count). The molecule has 0 bridgehead atoms. The van der Waals surface area contributed by atoms with Gasteiger partial charge in [0.1, 0.15) is 0 Å². The summed E-state index contributed by atoms with van der Waals surface area (Å²) >= 11 is 0. The lowest BCUT2D eigenvalue weighted by molar-refractivity contribution is -0.00824. The van der Waals surface area contributed by atoms with E-state index in [9.17, 15) is 0 Å². The van der Waals surface area contributed by atoms with Gasteiger partial charge in [0.05, 0.1) is 11.7 Å². The van der Waals surface area contributed by atoms with E-state index in [0.29, 0.717) is 6.10 Å².